The predicted octanol–water partition coefficient (Wildman–Crippen LogP) is -4.34. The van der Waals surface area contributed by atoms with Gasteiger partial charge in [0.2, 0.25) is 0 Å². The van der Waals surface area contributed by atoms with Crippen molar-refractivity contribution in [3.8, 4) is 0 Å². The molecule has 0 amide bonds. The van der Waals surface area contributed by atoms with Crippen molar-refractivity contribution in [2.45, 2.75) is 37.1 Å². The van der Waals surface area contributed by atoms with Crippen molar-refractivity contribution in [2.24, 2.45) is 47.3 Å². The first-order valence-corrected chi connectivity index (χ1v) is 11.3. The van der Waals surface area contributed by atoms with Gasteiger partial charge in [0.25, 0.3) is 0 Å². The van der Waals surface area contributed by atoms with Crippen LogP contribution >= 0.6 is 0 Å². The fourth-order valence-corrected chi connectivity index (χ4v) is 10.3. The van der Waals surface area contributed by atoms with Crippen molar-refractivity contribution in [1.82, 2.24) is 0 Å². The van der Waals surface area contributed by atoms with E-state index in [1.54, 1.807) is 12.8 Å². The predicted molar refractivity (Wildman–Crippen MR) is 131 cm³/mol. The molecule has 0 aromatic carbocycles. The third kappa shape index (κ3) is 1.72. The lowest BCUT2D eigenvalue weighted by Crippen LogP contribution is -2.64. The molecule has 4 rings (SSSR count). The van der Waals surface area contributed by atoms with Gasteiger partial charge in [-0.2, -0.15) is 0 Å². The third-order valence-electron chi connectivity index (χ3n) is 11.1. The second-order valence-electron chi connectivity index (χ2n) is 11.1. The lowest BCUT2D eigenvalue weighted by Gasteiger charge is -2.64. The summed E-state index contributed by atoms with van der Waals surface area (Å²) in [6.07, 6.45) is 3.16. The van der Waals surface area contributed by atoms with E-state index in [1.807, 2.05) is 0 Å². The summed E-state index contributed by atoms with van der Waals surface area (Å²) in [6, 6.07) is 0. The molecule has 0 radical (unpaired) electrons. The van der Waals surface area contributed by atoms with Crippen LogP contribution in [0, 0.1) is 47.3 Å². The number of hydrogen-bond donors (Lipinski definition) is 0. The van der Waals surface area contributed by atoms with Crippen LogP contribution in [0.5, 0.6) is 0 Å². The minimum absolute atomic E-state index is 0.579. The highest BCUT2D eigenvalue weighted by atomic mass is 14.7. The van der Waals surface area contributed by atoms with Gasteiger partial charge in [0.05, 0.1) is 66.7 Å². The molecule has 0 aromatic heterocycles. The molecule has 10 heteroatoms. The molecule has 0 saturated heterocycles. The molecule has 0 aliphatic heterocycles. The molecule has 0 nitrogen and oxygen atoms in total. The zero-order valence-electron chi connectivity index (χ0n) is 17.6. The maximum absolute atomic E-state index is 2.74. The fraction of sp³-hybridized carbons (Fsp3) is 1.00. The Kier molecular flexibility index (Phi) is 4.19. The Morgan fingerprint density at radius 3 is 1.92 bits per heavy atom. The minimum Gasteiger partial charge on any atom is -0.104 e. The summed E-state index contributed by atoms with van der Waals surface area (Å²) in [4.78, 5) is 0. The molecule has 118 valence electrons. The quantitative estimate of drug-likeness (QED) is 0.364. The van der Waals surface area contributed by atoms with Gasteiger partial charge in [-0.1, -0.05) is 19.1 Å². The molecule has 4 aliphatic carbocycles. The number of hydrogen-bond acceptors (Lipinski definition) is 0. The van der Waals surface area contributed by atoms with Crippen LogP contribution in [-0.2, 0) is 0 Å². The SMILES string of the molecule is BBB(B)C1(B(B)B)C2CC(C3C4CC(C(C)C4C)C32)C1(B)BB. The van der Waals surface area contributed by atoms with E-state index in [2.05, 4.69) is 60.4 Å². The number of fused-ring (bicyclic) bond motifs is 9. The highest BCUT2D eigenvalue weighted by molar-refractivity contribution is 7.53. The van der Waals surface area contributed by atoms with E-state index < -0.39 is 0 Å². The van der Waals surface area contributed by atoms with Crippen molar-refractivity contribution >= 4 is 73.8 Å². The van der Waals surface area contributed by atoms with Crippen LogP contribution in [0.2, 0.25) is 10.4 Å². The van der Waals surface area contributed by atoms with Gasteiger partial charge in [0.1, 0.15) is 0 Å². The lowest BCUT2D eigenvalue weighted by atomic mass is 8.82. The second kappa shape index (κ2) is 5.57. The summed E-state index contributed by atoms with van der Waals surface area (Å²) < 4.78 is 0. The van der Waals surface area contributed by atoms with Crippen molar-refractivity contribution in [1.29, 1.82) is 0 Å². The van der Waals surface area contributed by atoms with Crippen LogP contribution in [0.3, 0.4) is 0 Å². The van der Waals surface area contributed by atoms with Gasteiger partial charge in [-0.25, -0.2) is 0 Å². The van der Waals surface area contributed by atoms with Crippen molar-refractivity contribution < 1.29 is 0 Å². The van der Waals surface area contributed by atoms with Gasteiger partial charge in [-0.15, -0.1) is 5.21 Å². The summed E-state index contributed by atoms with van der Waals surface area (Å²) in [6.45, 7) is 6.90. The zero-order valence-corrected chi connectivity index (χ0v) is 17.6. The van der Waals surface area contributed by atoms with Crippen molar-refractivity contribution in [3.05, 3.63) is 0 Å². The number of rotatable bonds is 4. The summed E-state index contributed by atoms with van der Waals surface area (Å²) in [5, 5.41) is 1.17. The third-order valence-corrected chi connectivity index (χ3v) is 11.1. The Labute approximate surface area is 158 Å². The first kappa shape index (κ1) is 18.0. The van der Waals surface area contributed by atoms with Gasteiger partial charge >= 0.3 is 0 Å². The second-order valence-corrected chi connectivity index (χ2v) is 11.1. The average molecular weight is 309 g/mol. The first-order chi connectivity index (χ1) is 11.3. The highest BCUT2D eigenvalue weighted by Crippen LogP contribution is 2.83. The van der Waals surface area contributed by atoms with Crippen molar-refractivity contribution in [3.63, 3.8) is 0 Å². The fourth-order valence-electron chi connectivity index (χ4n) is 10.3. The molecule has 4 saturated carbocycles. The van der Waals surface area contributed by atoms with Crippen LogP contribution < -0.4 is 0 Å². The molecule has 0 aromatic rings. The molecule has 0 N–H and O–H groups in total. The maximum atomic E-state index is 2.74. The molecule has 10 atom stereocenters. The first-order valence-electron chi connectivity index (χ1n) is 11.3. The Balaban J connectivity index is 1.84. The van der Waals surface area contributed by atoms with Crippen LogP contribution in [0.25, 0.3) is 0 Å². The Hall–Kier alpha value is 0.649. The Morgan fingerprint density at radius 2 is 1.46 bits per heavy atom. The molecule has 4 bridgehead atoms. The summed E-state index contributed by atoms with van der Waals surface area (Å²) in [7, 11) is 18.3. The summed E-state index contributed by atoms with van der Waals surface area (Å²) >= 11 is 0. The normalized spacial score (nSPS) is 56.9. The van der Waals surface area contributed by atoms with Gasteiger partial charge in [-0.05, 0) is 60.2 Å². The highest BCUT2D eigenvalue weighted by Gasteiger charge is 2.76. The van der Waals surface area contributed by atoms with Crippen LogP contribution in [0.15, 0.2) is 0 Å². The molecular formula is C14H32B10. The van der Waals surface area contributed by atoms with Gasteiger partial charge in [-0.3, -0.25) is 0 Å². The monoisotopic (exact) mass is 310 g/mol. The van der Waals surface area contributed by atoms with Crippen molar-refractivity contribution in [2.75, 3.05) is 0 Å². The smallest absolute Gasteiger partial charge is 0.0980 e. The molecular weight excluding hydrogens is 276 g/mol. The van der Waals surface area contributed by atoms with Gasteiger partial charge < -0.3 is 0 Å². The Bertz CT molecular complexity index is 530. The summed E-state index contributed by atoms with van der Waals surface area (Å²) in [5.41, 5.74) is 0. The van der Waals surface area contributed by atoms with Gasteiger partial charge in [0, 0.05) is 7.06 Å². The lowest BCUT2D eigenvalue weighted by molar-refractivity contribution is 0.0589. The van der Waals surface area contributed by atoms with E-state index in [0.717, 1.165) is 60.3 Å². The topological polar surface area (TPSA) is 0 Å². The minimum atomic E-state index is 0.579. The summed E-state index contributed by atoms with van der Waals surface area (Å²) in [5.74, 6) is 8.34. The van der Waals surface area contributed by atoms with E-state index in [1.165, 1.54) is 14.2 Å². The maximum Gasteiger partial charge on any atom is 0.0980 e. The standard InChI is InChI=1S/C14H32B10/c1-5-6(2)8-3-7(5)11-9-4-10(12(8)11)14(23(18)19,24(20)22-17)13(9,15)21-16/h5-12,21-22H,3-4,15-20H2,1-2H3. The molecule has 0 heterocycles. The van der Waals surface area contributed by atoms with E-state index >= 15 is 0 Å². The largest absolute Gasteiger partial charge is 0.104 e. The van der Waals surface area contributed by atoms with E-state index in [-0.39, 0.29) is 0 Å². The van der Waals surface area contributed by atoms with Crippen LogP contribution in [-0.4, -0.2) is 73.8 Å². The van der Waals surface area contributed by atoms with Crippen LogP contribution in [0.1, 0.15) is 26.7 Å². The van der Waals surface area contributed by atoms with E-state index in [4.69, 9.17) is 0 Å². The van der Waals surface area contributed by atoms with Gasteiger partial charge in [0.15, 0.2) is 0 Å². The molecule has 4 aliphatic rings. The molecule has 4 fully saturated rings. The Morgan fingerprint density at radius 1 is 0.917 bits per heavy atom. The zero-order chi connectivity index (χ0) is 17.6. The molecule has 10 unspecified atom stereocenters. The molecule has 24 heavy (non-hydrogen) atoms. The molecule has 0 spiro atoms. The van der Waals surface area contributed by atoms with E-state index in [0.29, 0.717) is 10.4 Å². The average Bonchev–Trinajstić information content (AvgIpc) is 3.24. The van der Waals surface area contributed by atoms with E-state index in [9.17, 15) is 0 Å². The van der Waals surface area contributed by atoms with Crippen LogP contribution in [0.4, 0.5) is 0 Å².